The molecular weight excluding hydrogens is 452 g/mol. The largest absolute Gasteiger partial charge is 0.322 e. The minimum Gasteiger partial charge on any atom is -0.322 e. The van der Waals surface area contributed by atoms with Gasteiger partial charge >= 0.3 is 0 Å². The fraction of sp³-hybridized carbons (Fsp3) is 0.167. The van der Waals surface area contributed by atoms with E-state index < -0.39 is 14.8 Å². The van der Waals surface area contributed by atoms with Crippen molar-refractivity contribution in [2.24, 2.45) is 5.10 Å². The minimum atomic E-state index is -3.54. The molecule has 0 saturated heterocycles. The number of amides is 1. The van der Waals surface area contributed by atoms with Gasteiger partial charge in [-0.3, -0.25) is 9.52 Å². The summed E-state index contributed by atoms with van der Waals surface area (Å²) in [6.07, 6.45) is 0. The Morgan fingerprint density at radius 3 is 2.12 bits per heavy atom. The van der Waals surface area contributed by atoms with E-state index in [2.05, 4.69) is 26.2 Å². The molecule has 4 N–H and O–H groups in total. The topological polar surface area (TPSA) is 115 Å². The monoisotopic (exact) mass is 478 g/mol. The molecule has 0 unspecified atom stereocenters. The number of carbonyl (C=O) groups excluding carboxylic acids is 1. The first kappa shape index (κ1) is 23.3. The van der Waals surface area contributed by atoms with Gasteiger partial charge in [-0.2, -0.15) is 0 Å². The Balaban J connectivity index is 1.41. The van der Waals surface area contributed by atoms with Crippen LogP contribution in [0.3, 0.4) is 0 Å². The fourth-order valence-corrected chi connectivity index (χ4v) is 3.84. The van der Waals surface area contributed by atoms with Crippen molar-refractivity contribution in [2.45, 2.75) is 25.5 Å². The summed E-state index contributed by atoms with van der Waals surface area (Å²) in [7, 11) is -3.54. The van der Waals surface area contributed by atoms with Crippen molar-refractivity contribution in [3.63, 3.8) is 0 Å². The van der Waals surface area contributed by atoms with Gasteiger partial charge in [-0.1, -0.05) is 18.2 Å². The Bertz CT molecular complexity index is 1300. The Labute approximate surface area is 198 Å². The highest BCUT2D eigenvalue weighted by atomic mass is 32.2. The van der Waals surface area contributed by atoms with E-state index in [9.17, 15) is 13.2 Å². The Morgan fingerprint density at radius 1 is 0.882 bits per heavy atom. The number of hydrazine groups is 2. The third-order valence-corrected chi connectivity index (χ3v) is 7.27. The van der Waals surface area contributed by atoms with Gasteiger partial charge in [0.15, 0.2) is 5.84 Å². The highest BCUT2D eigenvalue weighted by Crippen LogP contribution is 2.21. The average molecular weight is 479 g/mol. The van der Waals surface area contributed by atoms with Crippen LogP contribution in [0.25, 0.3) is 0 Å². The lowest BCUT2D eigenvalue weighted by atomic mass is 10.1. The molecular formula is C24H26N6O3S. The summed E-state index contributed by atoms with van der Waals surface area (Å²) >= 11 is 0. The number of benzene rings is 3. The lowest BCUT2D eigenvalue weighted by Gasteiger charge is -2.20. The van der Waals surface area contributed by atoms with E-state index in [-0.39, 0.29) is 5.91 Å². The van der Waals surface area contributed by atoms with E-state index >= 15 is 0 Å². The van der Waals surface area contributed by atoms with Crippen LogP contribution in [-0.2, 0) is 10.0 Å². The van der Waals surface area contributed by atoms with Gasteiger partial charge in [0.2, 0.25) is 10.0 Å². The zero-order valence-electron chi connectivity index (χ0n) is 19.0. The summed E-state index contributed by atoms with van der Waals surface area (Å²) in [5.74, 6) is 0.391. The molecule has 0 radical (unpaired) electrons. The van der Waals surface area contributed by atoms with Crippen LogP contribution in [0.15, 0.2) is 84.0 Å². The summed E-state index contributed by atoms with van der Waals surface area (Å²) in [4.78, 5) is 12.6. The lowest BCUT2D eigenvalue weighted by Crippen LogP contribution is -2.41. The quantitative estimate of drug-likeness (QED) is 0.430. The smallest absolute Gasteiger partial charge is 0.255 e. The number of nitrogens with zero attached hydrogens (tertiary/aromatic N) is 2. The van der Waals surface area contributed by atoms with Crippen molar-refractivity contribution in [3.05, 3.63) is 90.0 Å². The third kappa shape index (κ3) is 5.03. The molecule has 1 aliphatic rings. The number of hydrogen-bond donors (Lipinski definition) is 4. The Hall–Kier alpha value is -3.89. The second-order valence-electron chi connectivity index (χ2n) is 8.66. The van der Waals surface area contributed by atoms with Gasteiger partial charge in [0, 0.05) is 22.5 Å². The molecule has 0 atom stereocenters. The maximum atomic E-state index is 12.6. The lowest BCUT2D eigenvalue weighted by molar-refractivity contribution is 0.102. The molecule has 4 rings (SSSR count). The van der Waals surface area contributed by atoms with Gasteiger partial charge in [0.25, 0.3) is 5.91 Å². The summed E-state index contributed by atoms with van der Waals surface area (Å²) in [6, 6.07) is 23.4. The first-order valence-electron chi connectivity index (χ1n) is 10.6. The number of carbonyl (C=O) groups is 1. The van der Waals surface area contributed by atoms with E-state index in [0.717, 1.165) is 11.3 Å². The number of hydrogen-bond acceptors (Lipinski definition) is 7. The summed E-state index contributed by atoms with van der Waals surface area (Å²) in [6.45, 7) is 4.86. The molecule has 1 heterocycles. The number of anilines is 3. The van der Waals surface area contributed by atoms with Crippen LogP contribution >= 0.6 is 0 Å². The summed E-state index contributed by atoms with van der Waals surface area (Å²) < 4.78 is 26.2. The van der Waals surface area contributed by atoms with Gasteiger partial charge in [-0.25, -0.2) is 19.0 Å². The van der Waals surface area contributed by atoms with E-state index in [4.69, 9.17) is 0 Å². The Kier molecular flexibility index (Phi) is 6.27. The summed E-state index contributed by atoms with van der Waals surface area (Å²) in [5, 5.41) is 8.97. The molecule has 0 aromatic heterocycles. The average Bonchev–Trinajstić information content (AvgIpc) is 3.30. The zero-order valence-corrected chi connectivity index (χ0v) is 19.8. The third-order valence-electron chi connectivity index (χ3n) is 5.16. The first-order valence-corrected chi connectivity index (χ1v) is 12.1. The Morgan fingerprint density at radius 2 is 1.50 bits per heavy atom. The van der Waals surface area contributed by atoms with E-state index in [1.54, 1.807) is 57.2 Å². The van der Waals surface area contributed by atoms with E-state index in [0.29, 0.717) is 22.8 Å². The van der Waals surface area contributed by atoms with Crippen molar-refractivity contribution in [2.75, 3.05) is 15.0 Å². The van der Waals surface area contributed by atoms with Crippen molar-refractivity contribution in [3.8, 4) is 0 Å². The molecule has 0 saturated carbocycles. The normalized spacial score (nSPS) is 13.7. The van der Waals surface area contributed by atoms with E-state index in [1.807, 2.05) is 47.5 Å². The molecule has 0 fully saturated rings. The maximum absolute atomic E-state index is 12.6. The predicted octanol–water partition coefficient (Wildman–Crippen LogP) is 3.67. The van der Waals surface area contributed by atoms with Crippen LogP contribution in [0, 0.1) is 0 Å². The fourth-order valence-electron chi connectivity index (χ4n) is 3.09. The van der Waals surface area contributed by atoms with Gasteiger partial charge in [-0.05, 0) is 81.4 Å². The van der Waals surface area contributed by atoms with Gasteiger partial charge < -0.3 is 5.32 Å². The van der Waals surface area contributed by atoms with Crippen molar-refractivity contribution >= 4 is 38.8 Å². The first-order chi connectivity index (χ1) is 16.1. The van der Waals surface area contributed by atoms with Crippen LogP contribution in [0.2, 0.25) is 0 Å². The molecule has 10 heteroatoms. The zero-order chi connectivity index (χ0) is 24.3. The predicted molar refractivity (Wildman–Crippen MR) is 135 cm³/mol. The molecule has 3 aromatic rings. The SMILES string of the molecule is CC(C)(C)S(=O)(=O)Nc1ccc(C(=O)Nc2ccc(C3=NNNN3c3ccccc3)cc2)cc1. The standard InChI is InChI=1S/C24H26N6O3S/c1-24(2,3)34(32,33)27-20-15-11-18(12-16-20)23(31)25-19-13-9-17(10-14-19)22-26-28-29-30(22)21-7-5-4-6-8-21/h4-16,27-29H,1-3H3,(H,25,31). The van der Waals surface area contributed by atoms with Gasteiger partial charge in [0.05, 0.1) is 10.4 Å². The number of para-hydroxylation sites is 1. The summed E-state index contributed by atoms with van der Waals surface area (Å²) in [5.41, 5.74) is 8.97. The molecule has 34 heavy (non-hydrogen) atoms. The van der Waals surface area contributed by atoms with E-state index in [1.165, 1.54) is 0 Å². The molecule has 1 aliphatic heterocycles. The second kappa shape index (κ2) is 9.16. The van der Waals surface area contributed by atoms with Crippen LogP contribution in [0.4, 0.5) is 17.1 Å². The molecule has 176 valence electrons. The van der Waals surface area contributed by atoms with Crippen molar-refractivity contribution in [1.29, 1.82) is 0 Å². The van der Waals surface area contributed by atoms with Gasteiger partial charge in [-0.15, -0.1) is 10.6 Å². The van der Waals surface area contributed by atoms with Crippen LogP contribution in [0.1, 0.15) is 36.7 Å². The highest BCUT2D eigenvalue weighted by Gasteiger charge is 2.28. The minimum absolute atomic E-state index is 0.301. The number of amidine groups is 1. The van der Waals surface area contributed by atoms with Crippen LogP contribution in [0.5, 0.6) is 0 Å². The number of rotatable bonds is 6. The van der Waals surface area contributed by atoms with Crippen molar-refractivity contribution in [1.82, 2.24) is 11.1 Å². The highest BCUT2D eigenvalue weighted by molar-refractivity contribution is 7.94. The molecule has 3 aromatic carbocycles. The van der Waals surface area contributed by atoms with Crippen molar-refractivity contribution < 1.29 is 13.2 Å². The number of sulfonamides is 1. The molecule has 0 aliphatic carbocycles. The second-order valence-corrected chi connectivity index (χ2v) is 11.1. The van der Waals surface area contributed by atoms with Crippen LogP contribution < -0.4 is 26.1 Å². The molecule has 0 bridgehead atoms. The molecule has 0 spiro atoms. The van der Waals surface area contributed by atoms with Gasteiger partial charge in [0.1, 0.15) is 0 Å². The number of hydrazone groups is 1. The molecule has 9 nitrogen and oxygen atoms in total. The number of nitrogens with one attached hydrogen (secondary N) is 4. The van der Waals surface area contributed by atoms with Crippen LogP contribution in [-0.4, -0.2) is 24.9 Å². The molecule has 1 amide bonds. The maximum Gasteiger partial charge on any atom is 0.255 e.